The highest BCUT2D eigenvalue weighted by Crippen LogP contribution is 2.24. The van der Waals surface area contributed by atoms with Gasteiger partial charge in [-0.3, -0.25) is 9.59 Å². The van der Waals surface area contributed by atoms with Crippen molar-refractivity contribution in [2.24, 2.45) is 10.2 Å². The Bertz CT molecular complexity index is 754. The number of carboxylic acids is 1. The van der Waals surface area contributed by atoms with Gasteiger partial charge in [-0.25, -0.2) is 0 Å². The molecule has 0 saturated carbocycles. The Balaban J connectivity index is 2.12. The number of aliphatic carboxylic acids is 1. The quantitative estimate of drug-likeness (QED) is 0.581. The molecule has 2 aromatic carbocycles. The Morgan fingerprint density at radius 3 is 2.48 bits per heavy atom. The summed E-state index contributed by atoms with van der Waals surface area (Å²) in [5, 5.41) is 19.0. The van der Waals surface area contributed by atoms with Crippen LogP contribution in [0, 0.1) is 0 Å². The van der Waals surface area contributed by atoms with E-state index >= 15 is 0 Å². The van der Waals surface area contributed by atoms with Crippen LogP contribution in [0.2, 0.25) is 0 Å². The van der Waals surface area contributed by atoms with Crippen molar-refractivity contribution in [3.63, 3.8) is 0 Å². The molecule has 1 amide bonds. The first-order valence-corrected chi connectivity index (χ1v) is 6.81. The lowest BCUT2D eigenvalue weighted by Gasteiger charge is -2.07. The fraction of sp³-hybridized carbons (Fsp3) is 0.125. The molecular formula is C16H16N4O3. The minimum Gasteiger partial charge on any atom is -0.481 e. The van der Waals surface area contributed by atoms with E-state index in [9.17, 15) is 9.59 Å². The molecule has 4 N–H and O–H groups in total. The average Bonchev–Trinajstić information content (AvgIpc) is 2.51. The number of nitrogen functional groups attached to an aromatic ring is 1. The van der Waals surface area contributed by atoms with Gasteiger partial charge in [0.25, 0.3) is 5.91 Å². The maximum Gasteiger partial charge on any atom is 0.307 e. The van der Waals surface area contributed by atoms with Gasteiger partial charge in [0.15, 0.2) is 0 Å². The first kappa shape index (κ1) is 16.2. The van der Waals surface area contributed by atoms with Crippen LogP contribution in [0.1, 0.15) is 15.9 Å². The van der Waals surface area contributed by atoms with Crippen LogP contribution in [0.15, 0.2) is 52.7 Å². The third-order valence-corrected chi connectivity index (χ3v) is 3.07. The number of carbonyl (C=O) groups is 2. The third kappa shape index (κ3) is 4.37. The van der Waals surface area contributed by atoms with Crippen molar-refractivity contribution < 1.29 is 14.7 Å². The minimum absolute atomic E-state index is 0.0580. The van der Waals surface area contributed by atoms with E-state index in [-0.39, 0.29) is 12.3 Å². The van der Waals surface area contributed by atoms with E-state index in [0.717, 1.165) is 0 Å². The lowest BCUT2D eigenvalue weighted by atomic mass is 10.1. The fourth-order valence-electron chi connectivity index (χ4n) is 1.96. The Hall–Kier alpha value is -3.22. The lowest BCUT2D eigenvalue weighted by molar-refractivity contribution is -0.136. The summed E-state index contributed by atoms with van der Waals surface area (Å²) in [6.45, 7) is 0. The summed E-state index contributed by atoms with van der Waals surface area (Å²) in [7, 11) is 1.52. The standard InChI is InChI=1S/C16H16N4O3/c1-18-20-14-9-11(4-7-13(14)17)16(23)19-12-5-2-10(3-6-12)8-15(21)22/h2-7,9H,8,17H2,1H3,(H,19,23)(H,21,22)/b20-18-. The third-order valence-electron chi connectivity index (χ3n) is 3.07. The molecule has 7 nitrogen and oxygen atoms in total. The van der Waals surface area contributed by atoms with Crippen LogP contribution in [-0.4, -0.2) is 24.0 Å². The summed E-state index contributed by atoms with van der Waals surface area (Å²) in [4.78, 5) is 22.9. The van der Waals surface area contributed by atoms with E-state index < -0.39 is 5.97 Å². The number of nitrogens with two attached hydrogens (primary N) is 1. The molecule has 0 unspecified atom stereocenters. The summed E-state index contributed by atoms with van der Waals surface area (Å²) in [5.41, 5.74) is 8.24. The number of amides is 1. The lowest BCUT2D eigenvalue weighted by Crippen LogP contribution is -2.12. The van der Waals surface area contributed by atoms with Gasteiger partial charge in [-0.15, -0.1) is 0 Å². The molecule has 0 aliphatic carbocycles. The number of hydrogen-bond acceptors (Lipinski definition) is 5. The molecule has 0 spiro atoms. The summed E-state index contributed by atoms with van der Waals surface area (Å²) in [6, 6.07) is 11.4. The van der Waals surface area contributed by atoms with E-state index in [0.29, 0.717) is 28.2 Å². The second-order valence-corrected chi connectivity index (χ2v) is 4.80. The van der Waals surface area contributed by atoms with Crippen LogP contribution in [0.3, 0.4) is 0 Å². The van der Waals surface area contributed by atoms with Crippen molar-refractivity contribution >= 4 is 28.9 Å². The van der Waals surface area contributed by atoms with Crippen LogP contribution >= 0.6 is 0 Å². The van der Waals surface area contributed by atoms with Crippen LogP contribution in [0.25, 0.3) is 0 Å². The smallest absolute Gasteiger partial charge is 0.307 e. The van der Waals surface area contributed by atoms with Crippen molar-refractivity contribution in [3.8, 4) is 0 Å². The zero-order chi connectivity index (χ0) is 16.8. The number of carboxylic acid groups (broad SMARTS) is 1. The molecule has 0 bridgehead atoms. The molecule has 0 radical (unpaired) electrons. The number of nitrogens with one attached hydrogen (secondary N) is 1. The Labute approximate surface area is 132 Å². The maximum atomic E-state index is 12.2. The molecular weight excluding hydrogens is 296 g/mol. The molecule has 0 aliphatic heterocycles. The van der Waals surface area contributed by atoms with Gasteiger partial charge >= 0.3 is 5.97 Å². The van der Waals surface area contributed by atoms with Crippen molar-refractivity contribution in [1.82, 2.24) is 0 Å². The van der Waals surface area contributed by atoms with Gasteiger partial charge in [-0.1, -0.05) is 12.1 Å². The summed E-state index contributed by atoms with van der Waals surface area (Å²) in [6.07, 6.45) is -0.0580. The van der Waals surface area contributed by atoms with Gasteiger partial charge < -0.3 is 16.2 Å². The van der Waals surface area contributed by atoms with Crippen molar-refractivity contribution in [1.29, 1.82) is 0 Å². The van der Waals surface area contributed by atoms with Crippen molar-refractivity contribution in [3.05, 3.63) is 53.6 Å². The summed E-state index contributed by atoms with van der Waals surface area (Å²) < 4.78 is 0. The van der Waals surface area contributed by atoms with Gasteiger partial charge in [0, 0.05) is 18.3 Å². The Kier molecular flexibility index (Phi) is 5.03. The summed E-state index contributed by atoms with van der Waals surface area (Å²) in [5.74, 6) is -1.22. The van der Waals surface area contributed by atoms with Gasteiger partial charge in [-0.2, -0.15) is 10.2 Å². The molecule has 0 atom stereocenters. The number of carbonyl (C=O) groups excluding carboxylic acids is 1. The van der Waals surface area contributed by atoms with Gasteiger partial charge in [0.1, 0.15) is 5.69 Å². The summed E-state index contributed by atoms with van der Waals surface area (Å²) >= 11 is 0. The molecule has 0 fully saturated rings. The maximum absolute atomic E-state index is 12.2. The molecule has 23 heavy (non-hydrogen) atoms. The molecule has 0 heterocycles. The monoisotopic (exact) mass is 312 g/mol. The molecule has 7 heteroatoms. The van der Waals surface area contributed by atoms with Crippen molar-refractivity contribution in [2.45, 2.75) is 6.42 Å². The zero-order valence-electron chi connectivity index (χ0n) is 12.5. The Morgan fingerprint density at radius 1 is 1.17 bits per heavy atom. The molecule has 2 aromatic rings. The van der Waals surface area contributed by atoms with Gasteiger partial charge in [0.05, 0.1) is 12.1 Å². The molecule has 118 valence electrons. The predicted octanol–water partition coefficient (Wildman–Crippen LogP) is 2.86. The highest BCUT2D eigenvalue weighted by atomic mass is 16.4. The van der Waals surface area contributed by atoms with E-state index in [1.54, 1.807) is 42.5 Å². The molecule has 0 aliphatic rings. The number of rotatable bonds is 5. The number of azo groups is 1. The average molecular weight is 312 g/mol. The van der Waals surface area contributed by atoms with Gasteiger partial charge in [-0.05, 0) is 35.9 Å². The molecule has 0 aromatic heterocycles. The van der Waals surface area contributed by atoms with E-state index in [2.05, 4.69) is 15.5 Å². The Morgan fingerprint density at radius 2 is 1.87 bits per heavy atom. The minimum atomic E-state index is -0.902. The predicted molar refractivity (Wildman–Crippen MR) is 87.0 cm³/mol. The second kappa shape index (κ2) is 7.17. The highest BCUT2D eigenvalue weighted by Gasteiger charge is 2.09. The number of hydrogen-bond donors (Lipinski definition) is 3. The van der Waals surface area contributed by atoms with E-state index in [4.69, 9.17) is 10.8 Å². The number of benzene rings is 2. The van der Waals surface area contributed by atoms with Crippen molar-refractivity contribution in [2.75, 3.05) is 18.1 Å². The first-order chi connectivity index (χ1) is 11.0. The molecule has 2 rings (SSSR count). The molecule has 0 saturated heterocycles. The van der Waals surface area contributed by atoms with Crippen LogP contribution in [0.5, 0.6) is 0 Å². The fourth-order valence-corrected chi connectivity index (χ4v) is 1.96. The van der Waals surface area contributed by atoms with Gasteiger partial charge in [0.2, 0.25) is 0 Å². The highest BCUT2D eigenvalue weighted by molar-refractivity contribution is 6.05. The largest absolute Gasteiger partial charge is 0.481 e. The van der Waals surface area contributed by atoms with Crippen LogP contribution in [-0.2, 0) is 11.2 Å². The van der Waals surface area contributed by atoms with Crippen LogP contribution in [0.4, 0.5) is 17.1 Å². The van der Waals surface area contributed by atoms with E-state index in [1.165, 1.54) is 7.05 Å². The topological polar surface area (TPSA) is 117 Å². The van der Waals surface area contributed by atoms with Crippen LogP contribution < -0.4 is 11.1 Å². The number of anilines is 2. The first-order valence-electron chi connectivity index (χ1n) is 6.81. The zero-order valence-corrected chi connectivity index (χ0v) is 12.5. The SMILES string of the molecule is C/N=N\c1cc(C(=O)Nc2ccc(CC(=O)O)cc2)ccc1N. The normalized spacial score (nSPS) is 10.7. The van der Waals surface area contributed by atoms with E-state index in [1.807, 2.05) is 0 Å². The second-order valence-electron chi connectivity index (χ2n) is 4.80. The number of nitrogens with zero attached hydrogens (tertiary/aromatic N) is 2.